The maximum Gasteiger partial charge on any atom is 0.435 e. The van der Waals surface area contributed by atoms with Crippen molar-refractivity contribution in [2.75, 3.05) is 0 Å². The molecule has 0 aliphatic rings. The van der Waals surface area contributed by atoms with Gasteiger partial charge in [0, 0.05) is 11.9 Å². The van der Waals surface area contributed by atoms with Crippen molar-refractivity contribution in [3.05, 3.63) is 40.8 Å². The van der Waals surface area contributed by atoms with E-state index in [9.17, 15) is 18.0 Å². The summed E-state index contributed by atoms with van der Waals surface area (Å²) in [5.41, 5.74) is -0.377. The molecule has 0 saturated heterocycles. The second-order valence-corrected chi connectivity index (χ2v) is 4.23. The molecule has 0 radical (unpaired) electrons. The molecule has 5 nitrogen and oxygen atoms in total. The minimum absolute atomic E-state index is 0.134. The van der Waals surface area contributed by atoms with Gasteiger partial charge in [-0.05, 0) is 31.5 Å². The van der Waals surface area contributed by atoms with E-state index >= 15 is 0 Å². The van der Waals surface area contributed by atoms with Crippen LogP contribution in [0.1, 0.15) is 27.3 Å². The number of hydrogen-bond acceptors (Lipinski definition) is 3. The highest BCUT2D eigenvalue weighted by atomic mass is 19.4. The van der Waals surface area contributed by atoms with Gasteiger partial charge < -0.3 is 5.11 Å². The molecule has 8 heteroatoms. The summed E-state index contributed by atoms with van der Waals surface area (Å²) in [6.07, 6.45) is -3.55. The van der Waals surface area contributed by atoms with E-state index in [1.165, 1.54) is 0 Å². The SMILES string of the molecule is Cc1cc(C)c(C(=O)O)c(-n2ccc(C(F)(F)F)n2)n1. The molecular formula is C12H10F3N3O2. The van der Waals surface area contributed by atoms with Crippen LogP contribution in [0.25, 0.3) is 5.82 Å². The first kappa shape index (κ1) is 14.0. The van der Waals surface area contributed by atoms with Crippen molar-refractivity contribution < 1.29 is 23.1 Å². The average molecular weight is 285 g/mol. The van der Waals surface area contributed by atoms with E-state index in [4.69, 9.17) is 5.11 Å². The van der Waals surface area contributed by atoms with Gasteiger partial charge in [0.05, 0.1) is 0 Å². The normalized spacial score (nSPS) is 11.7. The van der Waals surface area contributed by atoms with Crippen LogP contribution in [-0.4, -0.2) is 25.8 Å². The van der Waals surface area contributed by atoms with Gasteiger partial charge in [-0.1, -0.05) is 0 Å². The maximum atomic E-state index is 12.5. The van der Waals surface area contributed by atoms with Gasteiger partial charge >= 0.3 is 12.1 Å². The Morgan fingerprint density at radius 2 is 2.00 bits per heavy atom. The Hall–Kier alpha value is -2.38. The van der Waals surface area contributed by atoms with Crippen LogP contribution < -0.4 is 0 Å². The van der Waals surface area contributed by atoms with Crippen LogP contribution in [0, 0.1) is 13.8 Å². The highest BCUT2D eigenvalue weighted by Crippen LogP contribution is 2.28. The Morgan fingerprint density at radius 3 is 2.50 bits per heavy atom. The molecular weight excluding hydrogens is 275 g/mol. The van der Waals surface area contributed by atoms with E-state index < -0.39 is 17.8 Å². The fourth-order valence-corrected chi connectivity index (χ4v) is 1.84. The van der Waals surface area contributed by atoms with Gasteiger partial charge in [-0.25, -0.2) is 14.5 Å². The zero-order valence-electron chi connectivity index (χ0n) is 10.6. The van der Waals surface area contributed by atoms with Crippen LogP contribution >= 0.6 is 0 Å². The monoisotopic (exact) mass is 285 g/mol. The second kappa shape index (κ2) is 4.62. The molecule has 2 aromatic heterocycles. The minimum Gasteiger partial charge on any atom is -0.478 e. The van der Waals surface area contributed by atoms with Crippen molar-refractivity contribution in [3.8, 4) is 5.82 Å². The van der Waals surface area contributed by atoms with Crippen LogP contribution in [0.3, 0.4) is 0 Å². The van der Waals surface area contributed by atoms with E-state index in [-0.39, 0.29) is 11.4 Å². The molecule has 0 saturated carbocycles. The Kier molecular flexibility index (Phi) is 3.24. The Labute approximate surface area is 111 Å². The van der Waals surface area contributed by atoms with Crippen LogP contribution in [0.2, 0.25) is 0 Å². The van der Waals surface area contributed by atoms with Crippen LogP contribution in [0.4, 0.5) is 13.2 Å². The number of pyridine rings is 1. The first-order chi connectivity index (χ1) is 9.20. The number of carboxylic acid groups (broad SMARTS) is 1. The summed E-state index contributed by atoms with van der Waals surface area (Å²) in [6, 6.07) is 2.31. The summed E-state index contributed by atoms with van der Waals surface area (Å²) in [6.45, 7) is 3.17. The van der Waals surface area contributed by atoms with Gasteiger partial charge in [0.1, 0.15) is 5.56 Å². The van der Waals surface area contributed by atoms with Crippen LogP contribution in [0.15, 0.2) is 18.3 Å². The Bertz CT molecular complexity index is 677. The molecule has 2 heterocycles. The predicted octanol–water partition coefficient (Wildman–Crippen LogP) is 2.60. The zero-order valence-corrected chi connectivity index (χ0v) is 10.6. The largest absolute Gasteiger partial charge is 0.478 e. The summed E-state index contributed by atoms with van der Waals surface area (Å²) in [5.74, 6) is -1.40. The number of hydrogen-bond donors (Lipinski definition) is 1. The standard InChI is InChI=1S/C12H10F3N3O2/c1-6-5-7(2)16-10(9(6)11(19)20)18-4-3-8(17-18)12(13,14)15/h3-5H,1-2H3,(H,19,20). The number of halogens is 3. The van der Waals surface area contributed by atoms with E-state index in [2.05, 4.69) is 10.1 Å². The lowest BCUT2D eigenvalue weighted by Crippen LogP contribution is -2.13. The minimum atomic E-state index is -4.59. The number of aromatic carboxylic acids is 1. The van der Waals surface area contributed by atoms with Gasteiger partial charge in [0.25, 0.3) is 0 Å². The molecule has 2 rings (SSSR count). The molecule has 1 N–H and O–H groups in total. The third kappa shape index (κ3) is 2.49. The summed E-state index contributed by atoms with van der Waals surface area (Å²) in [4.78, 5) is 15.2. The molecule has 0 fully saturated rings. The molecule has 2 aromatic rings. The first-order valence-corrected chi connectivity index (χ1v) is 5.55. The number of carbonyl (C=O) groups is 1. The van der Waals surface area contributed by atoms with Crippen LogP contribution in [-0.2, 0) is 6.18 Å². The molecule has 106 valence electrons. The molecule has 0 aliphatic carbocycles. The Morgan fingerprint density at radius 1 is 1.35 bits per heavy atom. The van der Waals surface area contributed by atoms with Gasteiger partial charge in [-0.2, -0.15) is 18.3 Å². The number of aromatic nitrogens is 3. The van der Waals surface area contributed by atoms with E-state index in [1.54, 1.807) is 19.9 Å². The topological polar surface area (TPSA) is 68.0 Å². The second-order valence-electron chi connectivity index (χ2n) is 4.23. The number of nitrogens with zero attached hydrogens (tertiary/aromatic N) is 3. The fourth-order valence-electron chi connectivity index (χ4n) is 1.84. The molecule has 0 amide bonds. The van der Waals surface area contributed by atoms with Crippen molar-refractivity contribution in [2.24, 2.45) is 0 Å². The van der Waals surface area contributed by atoms with Crippen molar-refractivity contribution in [1.82, 2.24) is 14.8 Å². The molecule has 0 aromatic carbocycles. The molecule has 0 bridgehead atoms. The smallest absolute Gasteiger partial charge is 0.435 e. The summed E-state index contributed by atoms with van der Waals surface area (Å²) in [7, 11) is 0. The quantitative estimate of drug-likeness (QED) is 0.921. The van der Waals surface area contributed by atoms with E-state index in [0.29, 0.717) is 11.3 Å². The molecule has 20 heavy (non-hydrogen) atoms. The predicted molar refractivity (Wildman–Crippen MR) is 62.8 cm³/mol. The Balaban J connectivity index is 2.63. The molecule has 0 aliphatic heterocycles. The summed E-state index contributed by atoms with van der Waals surface area (Å²) >= 11 is 0. The van der Waals surface area contributed by atoms with Crippen LogP contribution in [0.5, 0.6) is 0 Å². The number of rotatable bonds is 2. The first-order valence-electron chi connectivity index (χ1n) is 5.55. The third-order valence-corrected chi connectivity index (χ3v) is 2.64. The lowest BCUT2D eigenvalue weighted by molar-refractivity contribution is -0.141. The van der Waals surface area contributed by atoms with Gasteiger partial charge in [0.2, 0.25) is 0 Å². The third-order valence-electron chi connectivity index (χ3n) is 2.64. The van der Waals surface area contributed by atoms with E-state index in [0.717, 1.165) is 16.9 Å². The highest BCUT2D eigenvalue weighted by molar-refractivity contribution is 5.92. The maximum absolute atomic E-state index is 12.5. The van der Waals surface area contributed by atoms with Gasteiger partial charge in [-0.3, -0.25) is 0 Å². The van der Waals surface area contributed by atoms with Gasteiger partial charge in [0.15, 0.2) is 11.5 Å². The number of carboxylic acids is 1. The lowest BCUT2D eigenvalue weighted by atomic mass is 10.1. The summed E-state index contributed by atoms with van der Waals surface area (Å²) in [5, 5.41) is 12.5. The molecule has 0 unspecified atom stereocenters. The van der Waals surface area contributed by atoms with Crippen molar-refractivity contribution in [1.29, 1.82) is 0 Å². The number of aryl methyl sites for hydroxylation is 2. The summed E-state index contributed by atoms with van der Waals surface area (Å²) < 4.78 is 38.4. The zero-order chi connectivity index (χ0) is 15.1. The molecule has 0 atom stereocenters. The average Bonchev–Trinajstić information content (AvgIpc) is 2.75. The van der Waals surface area contributed by atoms with Gasteiger partial charge in [-0.15, -0.1) is 0 Å². The van der Waals surface area contributed by atoms with Crippen molar-refractivity contribution >= 4 is 5.97 Å². The highest BCUT2D eigenvalue weighted by Gasteiger charge is 2.34. The molecule has 0 spiro atoms. The fraction of sp³-hybridized carbons (Fsp3) is 0.250. The van der Waals surface area contributed by atoms with Crippen molar-refractivity contribution in [3.63, 3.8) is 0 Å². The van der Waals surface area contributed by atoms with E-state index in [1.807, 2.05) is 0 Å². The lowest BCUT2D eigenvalue weighted by Gasteiger charge is -2.09. The number of alkyl halides is 3. The van der Waals surface area contributed by atoms with Crippen molar-refractivity contribution in [2.45, 2.75) is 20.0 Å².